The second-order valence-corrected chi connectivity index (χ2v) is 4.36. The normalized spacial score (nSPS) is 25.2. The Labute approximate surface area is 94.2 Å². The van der Waals surface area contributed by atoms with Gasteiger partial charge in [0.05, 0.1) is 5.60 Å². The van der Waals surface area contributed by atoms with Gasteiger partial charge >= 0.3 is 0 Å². The van der Waals surface area contributed by atoms with Crippen LogP contribution in [0.3, 0.4) is 0 Å². The average molecular weight is 221 g/mol. The Morgan fingerprint density at radius 1 is 1.44 bits per heavy atom. The first-order valence-electron chi connectivity index (χ1n) is 5.26. The fourth-order valence-corrected chi connectivity index (χ4v) is 1.79. The quantitative estimate of drug-likeness (QED) is 0.778. The smallest absolute Gasteiger partial charge is 0.246 e. The van der Waals surface area contributed by atoms with Crippen molar-refractivity contribution < 1.29 is 14.6 Å². The molecule has 0 radical (unpaired) electrons. The molecule has 2 rings (SSSR count). The number of rotatable bonds is 2. The zero-order valence-electron chi connectivity index (χ0n) is 9.19. The molecule has 1 fully saturated rings. The molecular formula is C12H15NO3. The van der Waals surface area contributed by atoms with E-state index in [1.165, 1.54) is 0 Å². The molecule has 1 amide bonds. The van der Waals surface area contributed by atoms with E-state index < -0.39 is 0 Å². The number of hydrogen-bond donors (Lipinski definition) is 2. The van der Waals surface area contributed by atoms with Crippen molar-refractivity contribution in [2.75, 3.05) is 13.2 Å². The van der Waals surface area contributed by atoms with Crippen molar-refractivity contribution in [2.45, 2.75) is 18.9 Å². The number of ether oxygens (including phenoxy) is 1. The molecule has 86 valence electrons. The Kier molecular flexibility index (Phi) is 2.83. The van der Waals surface area contributed by atoms with Crippen molar-refractivity contribution in [3.05, 3.63) is 29.8 Å². The SMILES string of the molecule is CC1(Cc2ccc(O)cc2)CNC(=O)CO1. The van der Waals surface area contributed by atoms with Crippen LogP contribution in [0.5, 0.6) is 5.75 Å². The van der Waals surface area contributed by atoms with Crippen LogP contribution in [0.1, 0.15) is 12.5 Å². The fraction of sp³-hybridized carbons (Fsp3) is 0.417. The average Bonchev–Trinajstić information content (AvgIpc) is 2.27. The molecule has 1 aliphatic heterocycles. The summed E-state index contributed by atoms with van der Waals surface area (Å²) in [4.78, 5) is 11.0. The molecule has 1 saturated heterocycles. The molecule has 0 bridgehead atoms. The highest BCUT2D eigenvalue weighted by Crippen LogP contribution is 2.20. The van der Waals surface area contributed by atoms with Gasteiger partial charge in [0.25, 0.3) is 0 Å². The van der Waals surface area contributed by atoms with Gasteiger partial charge in [-0.2, -0.15) is 0 Å². The van der Waals surface area contributed by atoms with E-state index in [0.29, 0.717) is 13.0 Å². The third-order valence-corrected chi connectivity index (χ3v) is 2.73. The number of carbonyl (C=O) groups is 1. The zero-order valence-corrected chi connectivity index (χ0v) is 9.19. The van der Waals surface area contributed by atoms with Crippen LogP contribution in [-0.4, -0.2) is 29.8 Å². The molecule has 0 aromatic heterocycles. The molecule has 4 nitrogen and oxygen atoms in total. The molecule has 16 heavy (non-hydrogen) atoms. The van der Waals surface area contributed by atoms with Gasteiger partial charge in [0.2, 0.25) is 5.91 Å². The number of phenols is 1. The van der Waals surface area contributed by atoms with Crippen molar-refractivity contribution >= 4 is 5.91 Å². The third kappa shape index (κ3) is 2.52. The van der Waals surface area contributed by atoms with Gasteiger partial charge < -0.3 is 15.2 Å². The number of aromatic hydroxyl groups is 1. The largest absolute Gasteiger partial charge is 0.508 e. The third-order valence-electron chi connectivity index (χ3n) is 2.73. The molecule has 0 saturated carbocycles. The monoisotopic (exact) mass is 221 g/mol. The van der Waals surface area contributed by atoms with E-state index in [1.54, 1.807) is 12.1 Å². The van der Waals surface area contributed by atoms with E-state index in [0.717, 1.165) is 5.56 Å². The van der Waals surface area contributed by atoms with Crippen LogP contribution in [0.25, 0.3) is 0 Å². The Hall–Kier alpha value is -1.55. The molecule has 1 aromatic rings. The van der Waals surface area contributed by atoms with Crippen LogP contribution in [0.4, 0.5) is 0 Å². The summed E-state index contributed by atoms with van der Waals surface area (Å²) >= 11 is 0. The summed E-state index contributed by atoms with van der Waals surface area (Å²) < 4.78 is 5.54. The van der Waals surface area contributed by atoms with Crippen molar-refractivity contribution in [3.8, 4) is 5.75 Å². The van der Waals surface area contributed by atoms with Crippen molar-refractivity contribution in [1.29, 1.82) is 0 Å². The minimum absolute atomic E-state index is 0.0665. The lowest BCUT2D eigenvalue weighted by molar-refractivity contribution is -0.141. The van der Waals surface area contributed by atoms with Gasteiger partial charge in [-0.25, -0.2) is 0 Å². The molecule has 1 atom stereocenters. The molecule has 1 aliphatic rings. The summed E-state index contributed by atoms with van der Waals surface area (Å²) in [6.45, 7) is 2.61. The summed E-state index contributed by atoms with van der Waals surface area (Å²) in [5.74, 6) is 0.190. The van der Waals surface area contributed by atoms with Gasteiger partial charge in [-0.1, -0.05) is 12.1 Å². The van der Waals surface area contributed by atoms with Crippen LogP contribution in [0.15, 0.2) is 24.3 Å². The molecule has 4 heteroatoms. The van der Waals surface area contributed by atoms with E-state index in [9.17, 15) is 9.90 Å². The van der Waals surface area contributed by atoms with E-state index >= 15 is 0 Å². The first-order chi connectivity index (χ1) is 7.57. The van der Waals surface area contributed by atoms with Crippen LogP contribution in [0.2, 0.25) is 0 Å². The Balaban J connectivity index is 2.03. The number of benzene rings is 1. The van der Waals surface area contributed by atoms with Gasteiger partial charge in [0.15, 0.2) is 0 Å². The van der Waals surface area contributed by atoms with Crippen molar-refractivity contribution in [3.63, 3.8) is 0 Å². The lowest BCUT2D eigenvalue weighted by Gasteiger charge is -2.34. The standard InChI is InChI=1S/C12H15NO3/c1-12(8-13-11(15)7-16-12)6-9-2-4-10(14)5-3-9/h2-5,14H,6-8H2,1H3,(H,13,15). The highest BCUT2D eigenvalue weighted by Gasteiger charge is 2.30. The molecule has 1 heterocycles. The maximum absolute atomic E-state index is 11.0. The van der Waals surface area contributed by atoms with Gasteiger partial charge in [-0.3, -0.25) is 4.79 Å². The summed E-state index contributed by atoms with van der Waals surface area (Å²) in [6.07, 6.45) is 0.716. The maximum Gasteiger partial charge on any atom is 0.246 e. The van der Waals surface area contributed by atoms with Crippen molar-refractivity contribution in [1.82, 2.24) is 5.32 Å². The molecule has 0 aliphatic carbocycles. The highest BCUT2D eigenvalue weighted by molar-refractivity contribution is 5.78. The van der Waals surface area contributed by atoms with E-state index in [1.807, 2.05) is 19.1 Å². The topological polar surface area (TPSA) is 58.6 Å². The maximum atomic E-state index is 11.0. The number of phenolic OH excluding ortho intramolecular Hbond substituents is 1. The molecule has 0 spiro atoms. The summed E-state index contributed by atoms with van der Waals surface area (Å²) in [6, 6.07) is 7.03. The van der Waals surface area contributed by atoms with Crippen LogP contribution >= 0.6 is 0 Å². The number of hydrogen-bond acceptors (Lipinski definition) is 3. The lowest BCUT2D eigenvalue weighted by Crippen LogP contribution is -2.51. The van der Waals surface area contributed by atoms with Gasteiger partial charge in [-0.05, 0) is 24.6 Å². The molecule has 1 unspecified atom stereocenters. The number of morpholine rings is 1. The second kappa shape index (κ2) is 4.14. The molecular weight excluding hydrogens is 206 g/mol. The Bertz CT molecular complexity index is 376. The summed E-state index contributed by atoms with van der Waals surface area (Å²) in [5.41, 5.74) is 0.724. The van der Waals surface area contributed by atoms with Gasteiger partial charge in [0.1, 0.15) is 12.4 Å². The second-order valence-electron chi connectivity index (χ2n) is 4.36. The summed E-state index contributed by atoms with van der Waals surface area (Å²) in [7, 11) is 0. The number of carbonyl (C=O) groups excluding carboxylic acids is 1. The fourth-order valence-electron chi connectivity index (χ4n) is 1.79. The molecule has 2 N–H and O–H groups in total. The lowest BCUT2D eigenvalue weighted by atomic mass is 9.95. The highest BCUT2D eigenvalue weighted by atomic mass is 16.5. The number of amides is 1. The predicted molar refractivity (Wildman–Crippen MR) is 59.2 cm³/mol. The van der Waals surface area contributed by atoms with Crippen LogP contribution in [-0.2, 0) is 16.0 Å². The van der Waals surface area contributed by atoms with Crippen molar-refractivity contribution in [2.24, 2.45) is 0 Å². The van der Waals surface area contributed by atoms with Crippen LogP contribution < -0.4 is 5.32 Å². The Morgan fingerprint density at radius 3 is 2.69 bits per heavy atom. The number of nitrogens with one attached hydrogen (secondary N) is 1. The molecule has 1 aromatic carbocycles. The van der Waals surface area contributed by atoms with E-state index in [2.05, 4.69) is 5.32 Å². The first-order valence-corrected chi connectivity index (χ1v) is 5.26. The zero-order chi connectivity index (χ0) is 11.6. The predicted octanol–water partition coefficient (Wildman–Crippen LogP) is 0.840. The minimum Gasteiger partial charge on any atom is -0.508 e. The summed E-state index contributed by atoms with van der Waals surface area (Å²) in [5, 5.41) is 12.0. The van der Waals surface area contributed by atoms with E-state index in [-0.39, 0.29) is 23.9 Å². The van der Waals surface area contributed by atoms with Gasteiger partial charge in [0, 0.05) is 13.0 Å². The van der Waals surface area contributed by atoms with Crippen LogP contribution in [0, 0.1) is 0 Å². The van der Waals surface area contributed by atoms with E-state index in [4.69, 9.17) is 4.74 Å². The Morgan fingerprint density at radius 2 is 2.12 bits per heavy atom. The van der Waals surface area contributed by atoms with Gasteiger partial charge in [-0.15, -0.1) is 0 Å². The minimum atomic E-state index is -0.356. The first kappa shape index (κ1) is 11.0.